The molecule has 1 heterocycles. The second kappa shape index (κ2) is 10.1. The highest BCUT2D eigenvalue weighted by Gasteiger charge is 2.23. The Labute approximate surface area is 95.7 Å². The fourth-order valence-electron chi connectivity index (χ4n) is 0.343. The molecular weight excluding hydrogens is 244 g/mol. The third-order valence-corrected chi connectivity index (χ3v) is 3.18. The van der Waals surface area contributed by atoms with Crippen LogP contribution in [0.5, 0.6) is 0 Å². The first-order chi connectivity index (χ1) is 6.77. The molecule has 8 heteroatoms. The van der Waals surface area contributed by atoms with Crippen LogP contribution in [0.25, 0.3) is 0 Å². The predicted octanol–water partition coefficient (Wildman–Crippen LogP) is 0.243. The molecule has 0 spiro atoms. The van der Waals surface area contributed by atoms with Gasteiger partial charge in [-0.1, -0.05) is 0 Å². The SMILES string of the molecule is CC(=O)O.CC(=O)O.OC1SCSC1O. The van der Waals surface area contributed by atoms with E-state index in [1.54, 1.807) is 0 Å². The van der Waals surface area contributed by atoms with Gasteiger partial charge in [-0.25, -0.2) is 0 Å². The average molecular weight is 258 g/mol. The number of aliphatic hydroxyl groups is 2. The van der Waals surface area contributed by atoms with Gasteiger partial charge in [-0.3, -0.25) is 9.59 Å². The summed E-state index contributed by atoms with van der Waals surface area (Å²) in [5.74, 6) is -1.67. The third kappa shape index (κ3) is 19.8. The molecule has 0 aromatic rings. The molecule has 0 aromatic heterocycles. The number of thioether (sulfide) groups is 2. The Morgan fingerprint density at radius 3 is 1.27 bits per heavy atom. The summed E-state index contributed by atoms with van der Waals surface area (Å²) < 4.78 is 0. The van der Waals surface area contributed by atoms with E-state index < -0.39 is 22.8 Å². The summed E-state index contributed by atoms with van der Waals surface area (Å²) in [7, 11) is 0. The van der Waals surface area contributed by atoms with E-state index >= 15 is 0 Å². The molecule has 2 atom stereocenters. The third-order valence-electron chi connectivity index (χ3n) is 0.722. The van der Waals surface area contributed by atoms with E-state index in [0.29, 0.717) is 0 Å². The van der Waals surface area contributed by atoms with Crippen LogP contribution in [0.15, 0.2) is 0 Å². The molecule has 1 saturated heterocycles. The molecule has 0 saturated carbocycles. The fourth-order valence-corrected chi connectivity index (χ4v) is 2.57. The Kier molecular flexibility index (Phi) is 11.4. The minimum atomic E-state index is -0.833. The smallest absolute Gasteiger partial charge is 0.300 e. The van der Waals surface area contributed by atoms with Gasteiger partial charge >= 0.3 is 0 Å². The van der Waals surface area contributed by atoms with E-state index in [2.05, 4.69) is 0 Å². The van der Waals surface area contributed by atoms with Crippen LogP contribution < -0.4 is 0 Å². The number of rotatable bonds is 0. The van der Waals surface area contributed by atoms with Gasteiger partial charge in [0.2, 0.25) is 0 Å². The Morgan fingerprint density at radius 1 is 1.00 bits per heavy atom. The van der Waals surface area contributed by atoms with Crippen LogP contribution >= 0.6 is 23.5 Å². The summed E-state index contributed by atoms with van der Waals surface area (Å²) in [5, 5.41) is 33.0. The summed E-state index contributed by atoms with van der Waals surface area (Å²) in [6.45, 7) is 2.17. The summed E-state index contributed by atoms with van der Waals surface area (Å²) >= 11 is 2.75. The van der Waals surface area contributed by atoms with Crippen molar-refractivity contribution in [2.45, 2.75) is 24.7 Å². The number of aliphatic carboxylic acids is 2. The van der Waals surface area contributed by atoms with E-state index in [4.69, 9.17) is 30.0 Å². The Balaban J connectivity index is 0. The van der Waals surface area contributed by atoms with Crippen molar-refractivity contribution in [3.05, 3.63) is 0 Å². The van der Waals surface area contributed by atoms with E-state index in [-0.39, 0.29) is 0 Å². The number of carboxylic acid groups (broad SMARTS) is 2. The van der Waals surface area contributed by atoms with Crippen molar-refractivity contribution < 1.29 is 30.0 Å². The number of carbonyl (C=O) groups is 2. The number of carboxylic acids is 2. The lowest BCUT2D eigenvalue weighted by molar-refractivity contribution is -0.135. The molecule has 1 aliphatic rings. The van der Waals surface area contributed by atoms with Gasteiger partial charge < -0.3 is 20.4 Å². The maximum atomic E-state index is 9.00. The molecular formula is C7H14O6S2. The zero-order valence-electron chi connectivity index (χ0n) is 8.28. The standard InChI is InChI=1S/C3H6O2S2.2C2H4O2/c4-2-3(5)7-1-6-2;2*1-2(3)4/h2-5H,1H2;2*1H3,(H,3,4). The van der Waals surface area contributed by atoms with Gasteiger partial charge in [0.05, 0.1) is 0 Å². The molecule has 1 rings (SSSR count). The molecule has 1 aliphatic heterocycles. The zero-order chi connectivity index (χ0) is 12.4. The Morgan fingerprint density at radius 2 is 1.20 bits per heavy atom. The maximum absolute atomic E-state index is 9.00. The minimum Gasteiger partial charge on any atom is -0.481 e. The predicted molar refractivity (Wildman–Crippen MR) is 58.7 cm³/mol. The Bertz CT molecular complexity index is 170. The molecule has 0 aliphatic carbocycles. The van der Waals surface area contributed by atoms with Crippen LogP contribution in [0.1, 0.15) is 13.8 Å². The van der Waals surface area contributed by atoms with E-state index in [1.807, 2.05) is 0 Å². The molecule has 0 amide bonds. The van der Waals surface area contributed by atoms with Crippen LogP contribution in [0, 0.1) is 0 Å². The van der Waals surface area contributed by atoms with Crippen molar-refractivity contribution in [3.8, 4) is 0 Å². The quantitative estimate of drug-likeness (QED) is 0.488. The maximum Gasteiger partial charge on any atom is 0.300 e. The summed E-state index contributed by atoms with van der Waals surface area (Å²) in [6, 6.07) is 0. The van der Waals surface area contributed by atoms with Gasteiger partial charge in [0, 0.05) is 18.9 Å². The molecule has 15 heavy (non-hydrogen) atoms. The normalized spacial score (nSPS) is 22.9. The molecule has 90 valence electrons. The lowest BCUT2D eigenvalue weighted by Crippen LogP contribution is -2.11. The molecule has 0 bridgehead atoms. The molecule has 2 unspecified atom stereocenters. The highest BCUT2D eigenvalue weighted by Crippen LogP contribution is 2.32. The van der Waals surface area contributed by atoms with Crippen molar-refractivity contribution in [1.29, 1.82) is 0 Å². The molecule has 0 aromatic carbocycles. The second-order valence-electron chi connectivity index (χ2n) is 2.27. The van der Waals surface area contributed by atoms with Crippen LogP contribution in [0.2, 0.25) is 0 Å². The van der Waals surface area contributed by atoms with Crippen molar-refractivity contribution in [2.24, 2.45) is 0 Å². The summed E-state index contributed by atoms with van der Waals surface area (Å²) in [4.78, 5) is 18.0. The minimum absolute atomic E-state index is 0.551. The van der Waals surface area contributed by atoms with Gasteiger partial charge in [-0.2, -0.15) is 0 Å². The summed E-state index contributed by atoms with van der Waals surface area (Å²) in [5.41, 5.74) is -1.10. The lowest BCUT2D eigenvalue weighted by Gasteiger charge is -2.01. The van der Waals surface area contributed by atoms with Gasteiger partial charge in [0.1, 0.15) is 10.9 Å². The van der Waals surface area contributed by atoms with E-state index in [1.165, 1.54) is 23.5 Å². The van der Waals surface area contributed by atoms with Crippen molar-refractivity contribution >= 4 is 35.5 Å². The zero-order valence-corrected chi connectivity index (χ0v) is 9.92. The average Bonchev–Trinajstić information content (AvgIpc) is 2.33. The highest BCUT2D eigenvalue weighted by molar-refractivity contribution is 8.19. The van der Waals surface area contributed by atoms with E-state index in [9.17, 15) is 0 Å². The number of hydrogen-bond acceptors (Lipinski definition) is 6. The first kappa shape index (κ1) is 17.0. The fraction of sp³-hybridized carbons (Fsp3) is 0.714. The lowest BCUT2D eigenvalue weighted by atomic mass is 10.8. The van der Waals surface area contributed by atoms with Crippen LogP contribution in [-0.2, 0) is 9.59 Å². The van der Waals surface area contributed by atoms with Crippen LogP contribution in [-0.4, -0.2) is 48.3 Å². The number of hydrogen-bond donors (Lipinski definition) is 4. The van der Waals surface area contributed by atoms with Gasteiger partial charge in [0.25, 0.3) is 11.9 Å². The highest BCUT2D eigenvalue weighted by atomic mass is 32.2. The Hall–Kier alpha value is -0.440. The number of aliphatic hydroxyl groups excluding tert-OH is 2. The first-order valence-electron chi connectivity index (χ1n) is 3.75. The van der Waals surface area contributed by atoms with Crippen molar-refractivity contribution in [1.82, 2.24) is 0 Å². The van der Waals surface area contributed by atoms with Crippen LogP contribution in [0.4, 0.5) is 0 Å². The van der Waals surface area contributed by atoms with Crippen molar-refractivity contribution in [3.63, 3.8) is 0 Å². The monoisotopic (exact) mass is 258 g/mol. The first-order valence-corrected chi connectivity index (χ1v) is 5.85. The topological polar surface area (TPSA) is 115 Å². The molecule has 1 fully saturated rings. The van der Waals surface area contributed by atoms with Gasteiger partial charge in [-0.15, -0.1) is 23.5 Å². The van der Waals surface area contributed by atoms with Crippen molar-refractivity contribution in [2.75, 3.05) is 5.08 Å². The largest absolute Gasteiger partial charge is 0.481 e. The molecule has 4 N–H and O–H groups in total. The summed E-state index contributed by atoms with van der Waals surface area (Å²) in [6.07, 6.45) is 0. The molecule has 6 nitrogen and oxygen atoms in total. The van der Waals surface area contributed by atoms with Gasteiger partial charge in [0.15, 0.2) is 0 Å². The van der Waals surface area contributed by atoms with E-state index in [0.717, 1.165) is 18.9 Å². The van der Waals surface area contributed by atoms with Gasteiger partial charge in [-0.05, 0) is 0 Å². The molecule has 0 radical (unpaired) electrons. The second-order valence-corrected chi connectivity index (χ2v) is 4.85. The van der Waals surface area contributed by atoms with Crippen LogP contribution in [0.3, 0.4) is 0 Å².